The number of allylic oxidation sites excluding steroid dienone is 3. The van der Waals surface area contributed by atoms with E-state index in [-0.39, 0.29) is 24.7 Å². The van der Waals surface area contributed by atoms with Crippen molar-refractivity contribution in [2.75, 3.05) is 0 Å². The van der Waals surface area contributed by atoms with Crippen LogP contribution in [0.3, 0.4) is 0 Å². The van der Waals surface area contributed by atoms with Crippen molar-refractivity contribution in [3.8, 4) is 0 Å². The van der Waals surface area contributed by atoms with Crippen LogP contribution in [0.1, 0.15) is 35.0 Å². The van der Waals surface area contributed by atoms with Gasteiger partial charge in [-0.25, -0.2) is 8.78 Å². The summed E-state index contributed by atoms with van der Waals surface area (Å²) in [7, 11) is 0. The van der Waals surface area contributed by atoms with Gasteiger partial charge in [-0.05, 0) is 48.4 Å². The molecule has 0 radical (unpaired) electrons. The van der Waals surface area contributed by atoms with Gasteiger partial charge in [0.1, 0.15) is 0 Å². The average molecular weight is 458 g/mol. The SMILES string of the molecule is CC1=C(NC(=O)c2cnn(Cc3ccc(F)c(F)c3)c2)C=C(c2cc3ccccc3[nH]2)C(=O)C1. The number of fused-ring (bicyclic) bond motifs is 1. The number of para-hydroxylation sites is 1. The molecule has 0 aliphatic heterocycles. The fourth-order valence-corrected chi connectivity index (χ4v) is 3.96. The number of aromatic amines is 1. The number of H-pyrrole nitrogens is 1. The van der Waals surface area contributed by atoms with Crippen molar-refractivity contribution >= 4 is 28.2 Å². The molecule has 4 aromatic rings. The Morgan fingerprint density at radius 3 is 2.76 bits per heavy atom. The van der Waals surface area contributed by atoms with E-state index in [0.29, 0.717) is 28.1 Å². The van der Waals surface area contributed by atoms with E-state index in [1.54, 1.807) is 13.0 Å². The van der Waals surface area contributed by atoms with E-state index in [4.69, 9.17) is 0 Å². The quantitative estimate of drug-likeness (QED) is 0.453. The highest BCUT2D eigenvalue weighted by atomic mass is 19.2. The van der Waals surface area contributed by atoms with Gasteiger partial charge in [0.2, 0.25) is 0 Å². The van der Waals surface area contributed by atoms with Crippen LogP contribution in [0, 0.1) is 11.6 Å². The number of halogens is 2. The van der Waals surface area contributed by atoms with Crippen LogP contribution in [0.15, 0.2) is 78.3 Å². The summed E-state index contributed by atoms with van der Waals surface area (Å²) >= 11 is 0. The molecule has 2 N–H and O–H groups in total. The predicted octanol–water partition coefficient (Wildman–Crippen LogP) is 4.75. The fourth-order valence-electron chi connectivity index (χ4n) is 3.96. The molecule has 1 aliphatic carbocycles. The average Bonchev–Trinajstić information content (AvgIpc) is 3.45. The molecular weight excluding hydrogens is 438 g/mol. The van der Waals surface area contributed by atoms with Crippen LogP contribution >= 0.6 is 0 Å². The largest absolute Gasteiger partial charge is 0.354 e. The van der Waals surface area contributed by atoms with Gasteiger partial charge < -0.3 is 10.3 Å². The highest BCUT2D eigenvalue weighted by Crippen LogP contribution is 2.28. The lowest BCUT2D eigenvalue weighted by Gasteiger charge is -2.17. The first-order valence-corrected chi connectivity index (χ1v) is 10.7. The third-order valence-corrected chi connectivity index (χ3v) is 5.77. The molecule has 1 amide bonds. The van der Waals surface area contributed by atoms with E-state index in [9.17, 15) is 18.4 Å². The number of carbonyl (C=O) groups excluding carboxylic acids is 2. The molecular formula is C26H20F2N4O2. The molecule has 2 aromatic heterocycles. The normalized spacial score (nSPS) is 14.0. The Morgan fingerprint density at radius 2 is 1.97 bits per heavy atom. The highest BCUT2D eigenvalue weighted by molar-refractivity contribution is 6.23. The van der Waals surface area contributed by atoms with E-state index in [1.807, 2.05) is 30.3 Å². The first kappa shape index (κ1) is 21.5. The number of amides is 1. The number of nitrogens with zero attached hydrogens (tertiary/aromatic N) is 2. The maximum absolute atomic E-state index is 13.4. The summed E-state index contributed by atoms with van der Waals surface area (Å²) in [6.45, 7) is 1.99. The minimum absolute atomic E-state index is 0.0265. The summed E-state index contributed by atoms with van der Waals surface area (Å²) in [4.78, 5) is 28.8. The number of rotatable bonds is 5. The maximum atomic E-state index is 13.4. The van der Waals surface area contributed by atoms with Gasteiger partial charge in [0.05, 0.1) is 24.0 Å². The molecule has 1 aliphatic rings. The number of benzene rings is 2. The molecule has 6 nitrogen and oxygen atoms in total. The Hall–Kier alpha value is -4.33. The number of ketones is 1. The van der Waals surface area contributed by atoms with Gasteiger partial charge in [-0.3, -0.25) is 14.3 Å². The second-order valence-electron chi connectivity index (χ2n) is 8.25. The van der Waals surface area contributed by atoms with Crippen molar-refractivity contribution in [3.05, 3.63) is 107 Å². The van der Waals surface area contributed by atoms with Gasteiger partial charge in [0.15, 0.2) is 17.4 Å². The number of hydrogen-bond donors (Lipinski definition) is 2. The lowest BCUT2D eigenvalue weighted by molar-refractivity contribution is -0.113. The van der Waals surface area contributed by atoms with Crippen LogP contribution in [0.5, 0.6) is 0 Å². The second kappa shape index (κ2) is 8.55. The lowest BCUT2D eigenvalue weighted by Crippen LogP contribution is -2.25. The number of aromatic nitrogens is 3. The number of nitrogens with one attached hydrogen (secondary N) is 2. The summed E-state index contributed by atoms with van der Waals surface area (Å²) in [5.74, 6) is -2.26. The van der Waals surface area contributed by atoms with Gasteiger partial charge in [-0.15, -0.1) is 0 Å². The van der Waals surface area contributed by atoms with E-state index in [2.05, 4.69) is 15.4 Å². The Labute approximate surface area is 193 Å². The van der Waals surface area contributed by atoms with Gasteiger partial charge in [0, 0.05) is 34.8 Å². The molecule has 0 atom stereocenters. The van der Waals surface area contributed by atoms with Crippen molar-refractivity contribution in [2.45, 2.75) is 19.9 Å². The minimum Gasteiger partial charge on any atom is -0.354 e. The Morgan fingerprint density at radius 1 is 1.15 bits per heavy atom. The van der Waals surface area contributed by atoms with E-state index in [0.717, 1.165) is 28.6 Å². The molecule has 0 bridgehead atoms. The molecule has 5 rings (SSSR count). The predicted molar refractivity (Wildman–Crippen MR) is 124 cm³/mol. The molecule has 2 aromatic carbocycles. The van der Waals surface area contributed by atoms with E-state index < -0.39 is 11.6 Å². The molecule has 2 heterocycles. The summed E-state index contributed by atoms with van der Waals surface area (Å²) in [5, 5.41) is 8.01. The summed E-state index contributed by atoms with van der Waals surface area (Å²) in [5.41, 5.74) is 4.27. The number of hydrogen-bond acceptors (Lipinski definition) is 3. The second-order valence-corrected chi connectivity index (χ2v) is 8.25. The van der Waals surface area contributed by atoms with Gasteiger partial charge in [-0.2, -0.15) is 5.10 Å². The lowest BCUT2D eigenvalue weighted by atomic mass is 9.93. The zero-order chi connectivity index (χ0) is 23.8. The third kappa shape index (κ3) is 4.17. The van der Waals surface area contributed by atoms with Crippen molar-refractivity contribution < 1.29 is 18.4 Å². The fraction of sp³-hybridized carbons (Fsp3) is 0.115. The number of carbonyl (C=O) groups is 2. The van der Waals surface area contributed by atoms with Crippen LogP contribution in [-0.4, -0.2) is 26.5 Å². The molecule has 0 spiro atoms. The Balaban J connectivity index is 1.35. The molecule has 0 saturated carbocycles. The van der Waals surface area contributed by atoms with Crippen LogP contribution < -0.4 is 5.32 Å². The van der Waals surface area contributed by atoms with Gasteiger partial charge >= 0.3 is 0 Å². The van der Waals surface area contributed by atoms with E-state index in [1.165, 1.54) is 23.1 Å². The first-order valence-electron chi connectivity index (χ1n) is 10.7. The standard InChI is InChI=1S/C26H20F2N4O2/c1-15-8-25(33)19(24-10-17-4-2-3-5-22(17)30-24)11-23(15)31-26(34)18-12-29-32(14-18)13-16-6-7-20(27)21(28)9-16/h2-7,9-12,14,30H,8,13H2,1H3,(H,31,34). The Kier molecular flexibility index (Phi) is 5.41. The van der Waals surface area contributed by atoms with Crippen molar-refractivity contribution in [3.63, 3.8) is 0 Å². The van der Waals surface area contributed by atoms with Crippen LogP contribution in [0.25, 0.3) is 16.5 Å². The summed E-state index contributed by atoms with van der Waals surface area (Å²) in [6.07, 6.45) is 4.83. The topological polar surface area (TPSA) is 79.8 Å². The molecule has 34 heavy (non-hydrogen) atoms. The molecule has 0 fully saturated rings. The maximum Gasteiger partial charge on any atom is 0.258 e. The minimum atomic E-state index is -0.936. The third-order valence-electron chi connectivity index (χ3n) is 5.77. The zero-order valence-corrected chi connectivity index (χ0v) is 18.2. The summed E-state index contributed by atoms with van der Waals surface area (Å²) < 4.78 is 28.1. The molecule has 0 saturated heterocycles. The van der Waals surface area contributed by atoms with Crippen LogP contribution in [-0.2, 0) is 11.3 Å². The van der Waals surface area contributed by atoms with Gasteiger partial charge in [0.25, 0.3) is 5.91 Å². The molecule has 0 unspecified atom stereocenters. The highest BCUT2D eigenvalue weighted by Gasteiger charge is 2.23. The first-order chi connectivity index (χ1) is 16.4. The van der Waals surface area contributed by atoms with Crippen molar-refractivity contribution in [1.29, 1.82) is 0 Å². The van der Waals surface area contributed by atoms with Crippen LogP contribution in [0.4, 0.5) is 8.78 Å². The van der Waals surface area contributed by atoms with Crippen molar-refractivity contribution in [2.24, 2.45) is 0 Å². The van der Waals surface area contributed by atoms with E-state index >= 15 is 0 Å². The molecule has 170 valence electrons. The zero-order valence-electron chi connectivity index (χ0n) is 18.2. The monoisotopic (exact) mass is 458 g/mol. The van der Waals surface area contributed by atoms with Crippen molar-refractivity contribution in [1.82, 2.24) is 20.1 Å². The molecule has 8 heteroatoms. The number of Topliss-reactive ketones (excluding diaryl/α,β-unsaturated/α-hetero) is 1. The smallest absolute Gasteiger partial charge is 0.258 e. The Bertz CT molecular complexity index is 1480. The van der Waals surface area contributed by atoms with Crippen LogP contribution in [0.2, 0.25) is 0 Å². The van der Waals surface area contributed by atoms with Gasteiger partial charge in [-0.1, -0.05) is 24.3 Å². The summed E-state index contributed by atoms with van der Waals surface area (Å²) in [6, 6.07) is 13.3.